The Hall–Kier alpha value is -2.96. The molecule has 2 aliphatic rings. The van der Waals surface area contributed by atoms with E-state index in [0.717, 1.165) is 22.3 Å². The summed E-state index contributed by atoms with van der Waals surface area (Å²) in [6, 6.07) is 22.4. The molecule has 3 aromatic rings. The van der Waals surface area contributed by atoms with Gasteiger partial charge in [0.2, 0.25) is 10.0 Å². The van der Waals surface area contributed by atoms with Gasteiger partial charge in [0, 0.05) is 12.1 Å². The first-order valence-corrected chi connectivity index (χ1v) is 11.8. The standard InChI is InChI=1S/C25H23NO4S/c1-18-6-4-7-20(16-18)19-10-12-21(13-11-19)31(28,29)26-15-5-14-25(17-26)23-9-3-2-8-22(23)24(27)30-25/h2-4,6-13,16H,5,14-15,17H2,1H3. The number of sulfonamides is 1. The molecule has 0 N–H and O–H groups in total. The SMILES string of the molecule is Cc1cccc(-c2ccc(S(=O)(=O)N3CCCC4(C3)OC(=O)c3ccccc34)cc2)c1. The van der Waals surface area contributed by atoms with E-state index in [4.69, 9.17) is 4.74 Å². The quantitative estimate of drug-likeness (QED) is 0.570. The van der Waals surface area contributed by atoms with E-state index in [1.165, 1.54) is 4.31 Å². The van der Waals surface area contributed by atoms with Crippen molar-refractivity contribution in [2.45, 2.75) is 30.3 Å². The molecule has 5 nitrogen and oxygen atoms in total. The maximum absolute atomic E-state index is 13.4. The fourth-order valence-electron chi connectivity index (χ4n) is 4.63. The summed E-state index contributed by atoms with van der Waals surface area (Å²) in [4.78, 5) is 12.6. The Balaban J connectivity index is 1.44. The second-order valence-electron chi connectivity index (χ2n) is 8.27. The molecule has 1 atom stereocenters. The van der Waals surface area contributed by atoms with Gasteiger partial charge in [-0.2, -0.15) is 4.31 Å². The highest BCUT2D eigenvalue weighted by molar-refractivity contribution is 7.89. The van der Waals surface area contributed by atoms with E-state index in [9.17, 15) is 13.2 Å². The van der Waals surface area contributed by atoms with Crippen molar-refractivity contribution in [1.29, 1.82) is 0 Å². The van der Waals surface area contributed by atoms with Crippen molar-refractivity contribution in [2.75, 3.05) is 13.1 Å². The number of benzene rings is 3. The van der Waals surface area contributed by atoms with Gasteiger partial charge in [-0.15, -0.1) is 0 Å². The zero-order valence-corrected chi connectivity index (χ0v) is 18.1. The predicted molar refractivity (Wildman–Crippen MR) is 118 cm³/mol. The molecule has 1 saturated heterocycles. The van der Waals surface area contributed by atoms with Crippen LogP contribution in [0.3, 0.4) is 0 Å². The van der Waals surface area contributed by atoms with Crippen LogP contribution in [-0.2, 0) is 20.4 Å². The minimum atomic E-state index is -3.71. The first-order valence-electron chi connectivity index (χ1n) is 10.4. The van der Waals surface area contributed by atoms with Crippen LogP contribution in [0.2, 0.25) is 0 Å². The Labute approximate surface area is 182 Å². The second-order valence-corrected chi connectivity index (χ2v) is 10.2. The van der Waals surface area contributed by atoms with E-state index < -0.39 is 15.6 Å². The molecule has 6 heteroatoms. The molecule has 0 bridgehead atoms. The molecule has 1 fully saturated rings. The number of piperidine rings is 1. The molecule has 5 rings (SSSR count). The third kappa shape index (κ3) is 3.36. The van der Waals surface area contributed by atoms with E-state index in [2.05, 4.69) is 6.07 Å². The summed E-state index contributed by atoms with van der Waals surface area (Å²) in [6.07, 6.45) is 1.25. The van der Waals surface area contributed by atoms with E-state index in [1.54, 1.807) is 24.3 Å². The number of esters is 1. The van der Waals surface area contributed by atoms with Crippen LogP contribution in [0, 0.1) is 6.92 Å². The van der Waals surface area contributed by atoms with Crippen LogP contribution >= 0.6 is 0 Å². The molecule has 0 saturated carbocycles. The van der Waals surface area contributed by atoms with Gasteiger partial charge in [-0.25, -0.2) is 13.2 Å². The largest absolute Gasteiger partial charge is 0.449 e. The van der Waals surface area contributed by atoms with Crippen molar-refractivity contribution < 1.29 is 17.9 Å². The summed E-state index contributed by atoms with van der Waals surface area (Å²) in [6.45, 7) is 2.57. The summed E-state index contributed by atoms with van der Waals surface area (Å²) in [5.74, 6) is -0.377. The molecule has 158 valence electrons. The van der Waals surface area contributed by atoms with Crippen LogP contribution < -0.4 is 0 Å². The predicted octanol–water partition coefficient (Wildman–Crippen LogP) is 4.51. The summed E-state index contributed by atoms with van der Waals surface area (Å²) < 4.78 is 34.0. The highest BCUT2D eigenvalue weighted by atomic mass is 32.2. The van der Waals surface area contributed by atoms with Gasteiger partial charge >= 0.3 is 5.97 Å². The topological polar surface area (TPSA) is 63.7 Å². The number of nitrogens with zero attached hydrogens (tertiary/aromatic N) is 1. The number of carbonyl (C=O) groups excluding carboxylic acids is 1. The van der Waals surface area contributed by atoms with Crippen molar-refractivity contribution in [2.24, 2.45) is 0 Å². The molecule has 0 aliphatic carbocycles. The molecule has 0 aromatic heterocycles. The van der Waals surface area contributed by atoms with Crippen molar-refractivity contribution in [3.05, 3.63) is 89.5 Å². The van der Waals surface area contributed by atoms with Gasteiger partial charge in [-0.3, -0.25) is 0 Å². The fourth-order valence-corrected chi connectivity index (χ4v) is 6.16. The minimum Gasteiger partial charge on any atom is -0.449 e. The number of carbonyl (C=O) groups is 1. The molecule has 0 radical (unpaired) electrons. The number of hydrogen-bond acceptors (Lipinski definition) is 4. The zero-order chi connectivity index (χ0) is 21.6. The Morgan fingerprint density at radius 2 is 1.71 bits per heavy atom. The fraction of sp³-hybridized carbons (Fsp3) is 0.240. The number of ether oxygens (including phenoxy) is 1. The highest BCUT2D eigenvalue weighted by Gasteiger charge is 2.50. The van der Waals surface area contributed by atoms with Gasteiger partial charge < -0.3 is 4.74 Å². The first kappa shape index (κ1) is 20.0. The first-order chi connectivity index (χ1) is 14.9. The maximum Gasteiger partial charge on any atom is 0.339 e. The van der Waals surface area contributed by atoms with Crippen LogP contribution in [0.1, 0.15) is 34.3 Å². The van der Waals surface area contributed by atoms with E-state index in [1.807, 2.05) is 49.4 Å². The molecule has 2 aliphatic heterocycles. The average molecular weight is 434 g/mol. The zero-order valence-electron chi connectivity index (χ0n) is 17.2. The lowest BCUT2D eigenvalue weighted by Gasteiger charge is -2.38. The van der Waals surface area contributed by atoms with Crippen LogP contribution in [-0.4, -0.2) is 31.8 Å². The van der Waals surface area contributed by atoms with Crippen molar-refractivity contribution in [3.8, 4) is 11.1 Å². The smallest absolute Gasteiger partial charge is 0.339 e. The Bertz CT molecular complexity index is 1270. The van der Waals surface area contributed by atoms with Gasteiger partial charge in [-0.1, -0.05) is 60.2 Å². The number of hydrogen-bond donors (Lipinski definition) is 0. The molecule has 1 spiro atoms. The van der Waals surface area contributed by atoms with Crippen molar-refractivity contribution in [3.63, 3.8) is 0 Å². The summed E-state index contributed by atoms with van der Waals surface area (Å²) in [5, 5.41) is 0. The van der Waals surface area contributed by atoms with Crippen LogP contribution in [0.5, 0.6) is 0 Å². The molecule has 31 heavy (non-hydrogen) atoms. The molecule has 3 aromatic carbocycles. The third-order valence-electron chi connectivity index (χ3n) is 6.19. The van der Waals surface area contributed by atoms with Crippen LogP contribution in [0.15, 0.2) is 77.7 Å². The molecular weight excluding hydrogens is 410 g/mol. The lowest BCUT2D eigenvalue weighted by Crippen LogP contribution is -2.48. The second kappa shape index (κ2) is 7.32. The average Bonchev–Trinajstić information content (AvgIpc) is 3.05. The Kier molecular flexibility index (Phi) is 4.72. The van der Waals surface area contributed by atoms with E-state index in [0.29, 0.717) is 24.9 Å². The summed E-state index contributed by atoms with van der Waals surface area (Å²) in [7, 11) is -3.71. The molecule has 2 heterocycles. The number of aryl methyl sites for hydroxylation is 1. The lowest BCUT2D eigenvalue weighted by atomic mass is 9.86. The van der Waals surface area contributed by atoms with Crippen molar-refractivity contribution >= 4 is 16.0 Å². The van der Waals surface area contributed by atoms with Gasteiger partial charge in [0.05, 0.1) is 17.0 Å². The lowest BCUT2D eigenvalue weighted by molar-refractivity contribution is -0.0345. The molecule has 1 unspecified atom stereocenters. The third-order valence-corrected chi connectivity index (χ3v) is 8.05. The molecule has 0 amide bonds. The van der Waals surface area contributed by atoms with Gasteiger partial charge in [0.15, 0.2) is 5.60 Å². The minimum absolute atomic E-state index is 0.137. The molecular formula is C25H23NO4S. The number of rotatable bonds is 3. The van der Waals surface area contributed by atoms with Crippen molar-refractivity contribution in [1.82, 2.24) is 4.31 Å². The summed E-state index contributed by atoms with van der Waals surface area (Å²) >= 11 is 0. The van der Waals surface area contributed by atoms with Gasteiger partial charge in [0.25, 0.3) is 0 Å². The maximum atomic E-state index is 13.4. The highest BCUT2D eigenvalue weighted by Crippen LogP contribution is 2.43. The Morgan fingerprint density at radius 1 is 0.935 bits per heavy atom. The van der Waals surface area contributed by atoms with Crippen LogP contribution in [0.4, 0.5) is 0 Å². The van der Waals surface area contributed by atoms with Gasteiger partial charge in [-0.05, 0) is 49.1 Å². The monoisotopic (exact) mass is 433 g/mol. The van der Waals surface area contributed by atoms with Crippen LogP contribution in [0.25, 0.3) is 11.1 Å². The van der Waals surface area contributed by atoms with Gasteiger partial charge in [0.1, 0.15) is 0 Å². The van der Waals surface area contributed by atoms with E-state index >= 15 is 0 Å². The Morgan fingerprint density at radius 3 is 2.48 bits per heavy atom. The summed E-state index contributed by atoms with van der Waals surface area (Å²) in [5.41, 5.74) is 3.59. The van der Waals surface area contributed by atoms with E-state index in [-0.39, 0.29) is 17.4 Å². The normalized spacial score (nSPS) is 21.1. The number of fused-ring (bicyclic) bond motifs is 2.